The van der Waals surface area contributed by atoms with E-state index >= 15 is 4.39 Å². The highest BCUT2D eigenvalue weighted by Crippen LogP contribution is 2.35. The smallest absolute Gasteiger partial charge is 0.262 e. The van der Waals surface area contributed by atoms with E-state index in [1.165, 1.54) is 6.07 Å². The Morgan fingerprint density at radius 2 is 1.69 bits per heavy atom. The fourth-order valence-corrected chi connectivity index (χ4v) is 8.17. The molecule has 2 fully saturated rings. The van der Waals surface area contributed by atoms with Crippen molar-refractivity contribution in [1.82, 2.24) is 34.9 Å². The monoisotopic (exact) mass is 782 g/mol. The molecule has 6 heterocycles. The van der Waals surface area contributed by atoms with E-state index in [2.05, 4.69) is 26.0 Å². The minimum atomic E-state index is -1.04. The van der Waals surface area contributed by atoms with E-state index in [4.69, 9.17) is 4.98 Å². The second-order valence-corrected chi connectivity index (χ2v) is 15.2. The number of benzene rings is 3. The van der Waals surface area contributed by atoms with Crippen LogP contribution in [0.25, 0.3) is 16.6 Å². The van der Waals surface area contributed by atoms with Gasteiger partial charge in [0, 0.05) is 68.5 Å². The number of hydrogen-bond donors (Lipinski definition) is 3. The van der Waals surface area contributed by atoms with Crippen molar-refractivity contribution in [3.8, 4) is 0 Å². The number of imide groups is 2. The molecule has 1 atom stereocenters. The zero-order chi connectivity index (χ0) is 40.4. The van der Waals surface area contributed by atoms with Crippen LogP contribution in [0.4, 0.5) is 33.2 Å². The van der Waals surface area contributed by atoms with Gasteiger partial charge in [0.25, 0.3) is 11.8 Å². The number of anilines is 5. The molecular formula is C42H39FN10O5. The van der Waals surface area contributed by atoms with Crippen LogP contribution in [-0.2, 0) is 21.4 Å². The standard InChI is InChI=1S/C42H39FN10O5/c1-22-5-4-6-23(2)35(22)47-36-31-19-44-42(48-37(31)50(3)49-36)45-26-7-10-32(43)29(17-26)24-13-15-51(16-14-24)39(56)25-20-52(21-25)27-8-9-28-30(18-27)41(58)53(40(28)57)33-11-12-34(54)46-38(33)55/h4-10,13,17-19,25,33H,11-12,14-16,20-21H2,1-3H3,(H,47,49)(H,44,45,48)(H,46,54,55). The van der Waals surface area contributed by atoms with Crippen molar-refractivity contribution < 1.29 is 28.4 Å². The van der Waals surface area contributed by atoms with Crippen molar-refractivity contribution in [3.05, 3.63) is 101 Å². The lowest BCUT2D eigenvalue weighted by molar-refractivity contribution is -0.137. The molecule has 0 radical (unpaired) electrons. The summed E-state index contributed by atoms with van der Waals surface area (Å²) in [6.45, 7) is 5.72. The molecule has 4 aliphatic rings. The van der Waals surface area contributed by atoms with Crippen LogP contribution < -0.4 is 20.9 Å². The quantitative estimate of drug-likeness (QED) is 0.185. The molecule has 0 aliphatic carbocycles. The molecule has 3 N–H and O–H groups in total. The van der Waals surface area contributed by atoms with Gasteiger partial charge in [-0.25, -0.2) is 14.1 Å². The maximum atomic E-state index is 15.2. The first-order valence-corrected chi connectivity index (χ1v) is 19.1. The Kier molecular flexibility index (Phi) is 8.97. The van der Waals surface area contributed by atoms with Crippen LogP contribution in [-0.4, -0.2) is 91.3 Å². The summed E-state index contributed by atoms with van der Waals surface area (Å²) in [5, 5.41) is 14.2. The van der Waals surface area contributed by atoms with E-state index in [9.17, 15) is 24.0 Å². The van der Waals surface area contributed by atoms with Crippen LogP contribution in [0, 0.1) is 25.6 Å². The number of nitrogens with zero attached hydrogens (tertiary/aromatic N) is 7. The summed E-state index contributed by atoms with van der Waals surface area (Å²) >= 11 is 0. The number of halogens is 1. The average molecular weight is 783 g/mol. The summed E-state index contributed by atoms with van der Waals surface area (Å²) in [5.41, 5.74) is 6.75. The first kappa shape index (κ1) is 36.7. The Bertz CT molecular complexity index is 2610. The van der Waals surface area contributed by atoms with Gasteiger partial charge < -0.3 is 20.4 Å². The first-order valence-electron chi connectivity index (χ1n) is 19.1. The van der Waals surface area contributed by atoms with Crippen LogP contribution in [0.1, 0.15) is 56.7 Å². The minimum absolute atomic E-state index is 0.00557. The molecule has 15 nitrogen and oxygen atoms in total. The summed E-state index contributed by atoms with van der Waals surface area (Å²) < 4.78 is 16.9. The molecule has 58 heavy (non-hydrogen) atoms. The van der Waals surface area contributed by atoms with Crippen LogP contribution in [0.2, 0.25) is 0 Å². The van der Waals surface area contributed by atoms with Gasteiger partial charge in [-0.1, -0.05) is 24.3 Å². The number of fused-ring (bicyclic) bond motifs is 2. The number of carbonyl (C=O) groups is 5. The van der Waals surface area contributed by atoms with Gasteiger partial charge in [-0.15, -0.1) is 0 Å². The number of carbonyl (C=O) groups excluding carboxylic acids is 5. The molecular weight excluding hydrogens is 744 g/mol. The van der Waals surface area contributed by atoms with Crippen molar-refractivity contribution >= 4 is 75.0 Å². The third kappa shape index (κ3) is 6.39. The number of para-hydroxylation sites is 1. The molecule has 294 valence electrons. The third-order valence-electron chi connectivity index (χ3n) is 11.4. The Balaban J connectivity index is 0.825. The topological polar surface area (TPSA) is 175 Å². The molecule has 0 bridgehead atoms. The van der Waals surface area contributed by atoms with Crippen molar-refractivity contribution in [2.75, 3.05) is 41.7 Å². The highest BCUT2D eigenvalue weighted by Gasteiger charge is 2.45. The van der Waals surface area contributed by atoms with Crippen molar-refractivity contribution in [3.63, 3.8) is 0 Å². The molecule has 16 heteroatoms. The van der Waals surface area contributed by atoms with Gasteiger partial charge in [0.2, 0.25) is 23.7 Å². The Labute approximate surface area is 331 Å². The number of aryl methyl sites for hydroxylation is 3. The van der Waals surface area contributed by atoms with Gasteiger partial charge in [0.05, 0.1) is 22.4 Å². The summed E-state index contributed by atoms with van der Waals surface area (Å²) in [6.07, 6.45) is 4.20. The highest BCUT2D eigenvalue weighted by molar-refractivity contribution is 6.23. The highest BCUT2D eigenvalue weighted by atomic mass is 19.1. The van der Waals surface area contributed by atoms with E-state index in [1.807, 2.05) is 50.1 Å². The molecule has 2 aromatic heterocycles. The van der Waals surface area contributed by atoms with E-state index in [1.54, 1.807) is 46.1 Å². The minimum Gasteiger partial charge on any atom is -0.370 e. The summed E-state index contributed by atoms with van der Waals surface area (Å²) in [6, 6.07) is 14.7. The normalized spacial score (nSPS) is 18.3. The predicted octanol–water partition coefficient (Wildman–Crippen LogP) is 4.76. The van der Waals surface area contributed by atoms with Crippen LogP contribution in [0.3, 0.4) is 0 Å². The van der Waals surface area contributed by atoms with Crippen LogP contribution in [0.15, 0.2) is 66.9 Å². The lowest BCUT2D eigenvalue weighted by Crippen LogP contribution is -2.55. The van der Waals surface area contributed by atoms with Gasteiger partial charge in [0.1, 0.15) is 11.9 Å². The van der Waals surface area contributed by atoms with Crippen LogP contribution in [0.5, 0.6) is 0 Å². The molecule has 0 saturated carbocycles. The fraction of sp³-hybridized carbons (Fsp3) is 0.286. The number of aromatic nitrogens is 4. The number of piperidine rings is 1. The van der Waals surface area contributed by atoms with Gasteiger partial charge in [-0.05, 0) is 79.8 Å². The fourth-order valence-electron chi connectivity index (χ4n) is 8.17. The van der Waals surface area contributed by atoms with Gasteiger partial charge in [-0.3, -0.25) is 34.2 Å². The van der Waals surface area contributed by atoms with Gasteiger partial charge >= 0.3 is 0 Å². The Morgan fingerprint density at radius 1 is 0.914 bits per heavy atom. The SMILES string of the molecule is Cc1cccc(C)c1Nc1nn(C)c2nc(Nc3ccc(F)c(C4=CCN(C(=O)C5CN(c6ccc7c(c6)C(=O)N(C6CCC(=O)NC6=O)C7=O)C5)CC4)c3)ncc12. The largest absolute Gasteiger partial charge is 0.370 e. The lowest BCUT2D eigenvalue weighted by atomic mass is 9.94. The zero-order valence-corrected chi connectivity index (χ0v) is 32.0. The zero-order valence-electron chi connectivity index (χ0n) is 32.0. The maximum absolute atomic E-state index is 15.2. The number of nitrogens with one attached hydrogen (secondary N) is 3. The third-order valence-corrected chi connectivity index (χ3v) is 11.4. The van der Waals surface area contributed by atoms with E-state index in [0.717, 1.165) is 32.7 Å². The Morgan fingerprint density at radius 3 is 2.43 bits per heavy atom. The number of amides is 5. The average Bonchev–Trinajstić information content (AvgIpc) is 3.63. The van der Waals surface area contributed by atoms with E-state index in [0.29, 0.717) is 67.0 Å². The lowest BCUT2D eigenvalue weighted by Gasteiger charge is -2.42. The van der Waals surface area contributed by atoms with Gasteiger partial charge in [-0.2, -0.15) is 10.1 Å². The van der Waals surface area contributed by atoms with Crippen LogP contribution >= 0.6 is 0 Å². The molecule has 9 rings (SSSR count). The summed E-state index contributed by atoms with van der Waals surface area (Å²) in [7, 11) is 1.82. The second-order valence-electron chi connectivity index (χ2n) is 15.2. The van der Waals surface area contributed by atoms with Crippen molar-refractivity contribution in [2.45, 2.75) is 39.2 Å². The molecule has 5 aromatic rings. The molecule has 2 saturated heterocycles. The molecule has 5 amide bonds. The van der Waals surface area contributed by atoms with E-state index in [-0.39, 0.29) is 41.6 Å². The predicted molar refractivity (Wildman–Crippen MR) is 213 cm³/mol. The molecule has 3 aromatic carbocycles. The maximum Gasteiger partial charge on any atom is 0.262 e. The Hall–Kier alpha value is -6.97. The molecule has 1 unspecified atom stereocenters. The van der Waals surface area contributed by atoms with Crippen molar-refractivity contribution in [1.29, 1.82) is 0 Å². The molecule has 4 aliphatic heterocycles. The second kappa shape index (κ2) is 14.2. The van der Waals surface area contributed by atoms with E-state index < -0.39 is 29.7 Å². The number of hydrogen-bond acceptors (Lipinski definition) is 11. The first-order chi connectivity index (χ1) is 27.9. The van der Waals surface area contributed by atoms with Crippen molar-refractivity contribution in [2.24, 2.45) is 13.0 Å². The summed E-state index contributed by atoms with van der Waals surface area (Å²) in [5.74, 6) is -1.88. The molecule has 0 spiro atoms. The summed E-state index contributed by atoms with van der Waals surface area (Å²) in [4.78, 5) is 77.8. The van der Waals surface area contributed by atoms with Gasteiger partial charge in [0.15, 0.2) is 11.5 Å². The number of rotatable bonds is 8.